The molecule has 2 rings (SSSR count). The molecule has 0 radical (unpaired) electrons. The monoisotopic (exact) mass is 298 g/mol. The lowest BCUT2D eigenvalue weighted by Crippen LogP contribution is -2.26. The van der Waals surface area contributed by atoms with Crippen LogP contribution >= 0.6 is 11.3 Å². The summed E-state index contributed by atoms with van der Waals surface area (Å²) in [6, 6.07) is 9.67. The third-order valence-electron chi connectivity index (χ3n) is 3.14. The molecule has 4 heteroatoms. The van der Waals surface area contributed by atoms with Gasteiger partial charge >= 0.3 is 0 Å². The van der Waals surface area contributed by atoms with E-state index in [9.17, 15) is 4.79 Å². The van der Waals surface area contributed by atoms with Crippen molar-refractivity contribution in [3.05, 3.63) is 57.3 Å². The number of carbonyl (C=O) groups excluding carboxylic acids is 1. The van der Waals surface area contributed by atoms with Crippen molar-refractivity contribution < 1.29 is 4.79 Å². The minimum Gasteiger partial charge on any atom is -0.352 e. The van der Waals surface area contributed by atoms with Gasteiger partial charge in [0.05, 0.1) is 6.54 Å². The number of hydrogen-bond donors (Lipinski definition) is 2. The zero-order valence-corrected chi connectivity index (χ0v) is 12.8. The van der Waals surface area contributed by atoms with Crippen molar-refractivity contribution >= 4 is 17.2 Å². The Labute approximate surface area is 129 Å². The van der Waals surface area contributed by atoms with E-state index in [1.165, 1.54) is 4.88 Å². The van der Waals surface area contributed by atoms with Crippen LogP contribution in [0.25, 0.3) is 0 Å². The molecule has 0 bridgehead atoms. The maximum absolute atomic E-state index is 12.2. The minimum absolute atomic E-state index is 0.0551. The van der Waals surface area contributed by atoms with Gasteiger partial charge in [0.1, 0.15) is 0 Å². The molecular weight excluding hydrogens is 280 g/mol. The summed E-state index contributed by atoms with van der Waals surface area (Å²) < 4.78 is 0. The van der Waals surface area contributed by atoms with Crippen LogP contribution in [0.5, 0.6) is 0 Å². The average Bonchev–Trinajstić information content (AvgIpc) is 2.99. The summed E-state index contributed by atoms with van der Waals surface area (Å²) in [5.41, 5.74) is 7.80. The normalized spacial score (nSPS) is 9.81. The van der Waals surface area contributed by atoms with Crippen molar-refractivity contribution in [2.24, 2.45) is 5.73 Å². The molecule has 2 aromatic rings. The van der Waals surface area contributed by atoms with Gasteiger partial charge in [0.2, 0.25) is 0 Å². The van der Waals surface area contributed by atoms with Crippen LogP contribution in [-0.2, 0) is 6.42 Å². The molecule has 0 saturated carbocycles. The topological polar surface area (TPSA) is 55.1 Å². The fraction of sp³-hybridized carbons (Fsp3) is 0.235. The lowest BCUT2D eigenvalue weighted by Gasteiger charge is -2.08. The van der Waals surface area contributed by atoms with E-state index in [0.717, 1.165) is 17.5 Å². The fourth-order valence-electron chi connectivity index (χ4n) is 2.01. The zero-order valence-electron chi connectivity index (χ0n) is 12.0. The largest absolute Gasteiger partial charge is 0.352 e. The van der Waals surface area contributed by atoms with E-state index in [4.69, 9.17) is 5.73 Å². The van der Waals surface area contributed by atoms with E-state index in [2.05, 4.69) is 23.2 Å². The molecule has 0 aliphatic carbocycles. The van der Waals surface area contributed by atoms with Crippen LogP contribution in [0.3, 0.4) is 0 Å². The number of nitrogens with one attached hydrogen (secondary N) is 1. The predicted molar refractivity (Wildman–Crippen MR) is 87.5 cm³/mol. The number of rotatable bonds is 4. The molecule has 0 spiro atoms. The number of nitrogens with two attached hydrogens (primary N) is 1. The van der Waals surface area contributed by atoms with Gasteiger partial charge in [-0.3, -0.25) is 4.79 Å². The lowest BCUT2D eigenvalue weighted by atomic mass is 10.0. The number of carbonyl (C=O) groups is 1. The molecule has 0 saturated heterocycles. The van der Waals surface area contributed by atoms with Gasteiger partial charge in [0, 0.05) is 22.5 Å². The minimum atomic E-state index is -0.0551. The first-order valence-corrected chi connectivity index (χ1v) is 7.69. The van der Waals surface area contributed by atoms with Gasteiger partial charge < -0.3 is 11.1 Å². The highest BCUT2D eigenvalue weighted by atomic mass is 32.1. The Morgan fingerprint density at radius 1 is 1.33 bits per heavy atom. The van der Waals surface area contributed by atoms with Crippen LogP contribution in [-0.4, -0.2) is 19.0 Å². The molecule has 1 aromatic heterocycles. The molecule has 0 unspecified atom stereocenters. The first-order chi connectivity index (χ1) is 10.2. The van der Waals surface area contributed by atoms with Crippen LogP contribution in [0.2, 0.25) is 0 Å². The molecule has 1 aromatic carbocycles. The standard InChI is InChI=1S/C17H18N2OS/c1-13-14(6-3-10-18)5-2-8-16(13)17(20)19-11-9-15-7-4-12-21-15/h2,4-5,7-8,12H,9-11,18H2,1H3,(H,19,20). The van der Waals surface area contributed by atoms with Crippen molar-refractivity contribution in [3.8, 4) is 11.8 Å². The van der Waals surface area contributed by atoms with Gasteiger partial charge in [0.25, 0.3) is 5.91 Å². The second kappa shape index (κ2) is 7.63. The van der Waals surface area contributed by atoms with Crippen molar-refractivity contribution in [1.29, 1.82) is 0 Å². The highest BCUT2D eigenvalue weighted by Crippen LogP contribution is 2.13. The van der Waals surface area contributed by atoms with Gasteiger partial charge in [-0.15, -0.1) is 11.3 Å². The van der Waals surface area contributed by atoms with E-state index < -0.39 is 0 Å². The van der Waals surface area contributed by atoms with E-state index in [0.29, 0.717) is 18.7 Å². The van der Waals surface area contributed by atoms with Crippen LogP contribution in [0.15, 0.2) is 35.7 Å². The van der Waals surface area contributed by atoms with Crippen LogP contribution in [0, 0.1) is 18.8 Å². The zero-order chi connectivity index (χ0) is 15.1. The van der Waals surface area contributed by atoms with Gasteiger partial charge in [-0.2, -0.15) is 0 Å². The van der Waals surface area contributed by atoms with Crippen LogP contribution in [0.1, 0.15) is 26.4 Å². The second-order valence-corrected chi connectivity index (χ2v) is 5.60. The van der Waals surface area contributed by atoms with E-state index in [1.807, 2.05) is 36.6 Å². The Kier molecular flexibility index (Phi) is 5.56. The van der Waals surface area contributed by atoms with Crippen molar-refractivity contribution in [2.45, 2.75) is 13.3 Å². The van der Waals surface area contributed by atoms with Crippen molar-refractivity contribution in [1.82, 2.24) is 5.32 Å². The number of thiophene rings is 1. The fourth-order valence-corrected chi connectivity index (χ4v) is 2.72. The van der Waals surface area contributed by atoms with Gasteiger partial charge in [-0.05, 0) is 42.5 Å². The van der Waals surface area contributed by atoms with Gasteiger partial charge in [-0.25, -0.2) is 0 Å². The lowest BCUT2D eigenvalue weighted by molar-refractivity contribution is 0.0953. The summed E-state index contributed by atoms with van der Waals surface area (Å²) in [6.07, 6.45) is 0.856. The quantitative estimate of drug-likeness (QED) is 0.851. The summed E-state index contributed by atoms with van der Waals surface area (Å²) in [4.78, 5) is 13.5. The molecule has 0 atom stereocenters. The molecule has 0 fully saturated rings. The molecule has 0 aliphatic heterocycles. The smallest absolute Gasteiger partial charge is 0.251 e. The Bertz CT molecular complexity index is 666. The Morgan fingerprint density at radius 2 is 2.19 bits per heavy atom. The summed E-state index contributed by atoms with van der Waals surface area (Å²) >= 11 is 1.70. The summed E-state index contributed by atoms with van der Waals surface area (Å²) in [5.74, 6) is 5.76. The summed E-state index contributed by atoms with van der Waals surface area (Å²) in [6.45, 7) is 2.86. The maximum atomic E-state index is 12.2. The molecule has 1 heterocycles. The van der Waals surface area contributed by atoms with E-state index in [-0.39, 0.29) is 5.91 Å². The maximum Gasteiger partial charge on any atom is 0.251 e. The molecular formula is C17H18N2OS. The number of benzene rings is 1. The Balaban J connectivity index is 2.01. The summed E-state index contributed by atoms with van der Waals surface area (Å²) in [5, 5.41) is 5.00. The molecule has 3 N–H and O–H groups in total. The first-order valence-electron chi connectivity index (χ1n) is 6.81. The highest BCUT2D eigenvalue weighted by Gasteiger charge is 2.10. The van der Waals surface area contributed by atoms with Crippen molar-refractivity contribution in [3.63, 3.8) is 0 Å². The molecule has 108 valence electrons. The van der Waals surface area contributed by atoms with E-state index in [1.54, 1.807) is 11.3 Å². The first kappa shape index (κ1) is 15.3. The average molecular weight is 298 g/mol. The Hall–Kier alpha value is -2.09. The van der Waals surface area contributed by atoms with Crippen LogP contribution in [0.4, 0.5) is 0 Å². The number of amides is 1. The third kappa shape index (κ3) is 4.19. The summed E-state index contributed by atoms with van der Waals surface area (Å²) in [7, 11) is 0. The van der Waals surface area contributed by atoms with Gasteiger partial charge in [-0.1, -0.05) is 24.0 Å². The van der Waals surface area contributed by atoms with Crippen molar-refractivity contribution in [2.75, 3.05) is 13.1 Å². The Morgan fingerprint density at radius 3 is 2.90 bits per heavy atom. The second-order valence-electron chi connectivity index (χ2n) is 4.57. The van der Waals surface area contributed by atoms with E-state index >= 15 is 0 Å². The third-order valence-corrected chi connectivity index (χ3v) is 4.08. The predicted octanol–water partition coefficient (Wildman–Crippen LogP) is 2.34. The number of hydrogen-bond acceptors (Lipinski definition) is 3. The molecule has 0 aliphatic rings. The van der Waals surface area contributed by atoms with Gasteiger partial charge in [0.15, 0.2) is 0 Å². The molecule has 1 amide bonds. The van der Waals surface area contributed by atoms with Crippen LogP contribution < -0.4 is 11.1 Å². The SMILES string of the molecule is Cc1c(C#CCN)cccc1C(=O)NCCc1cccs1. The molecule has 3 nitrogen and oxygen atoms in total. The molecule has 21 heavy (non-hydrogen) atoms. The highest BCUT2D eigenvalue weighted by molar-refractivity contribution is 7.09.